The Morgan fingerprint density at radius 1 is 1.09 bits per heavy atom. The molecule has 240 valence electrons. The van der Waals surface area contributed by atoms with E-state index in [0.29, 0.717) is 34.9 Å². The number of aliphatic imine (C=N–C) groups is 1. The number of nitrogens with zero attached hydrogens (tertiary/aromatic N) is 4. The van der Waals surface area contributed by atoms with Crippen LogP contribution in [0.4, 0.5) is 22.9 Å². The van der Waals surface area contributed by atoms with Crippen LogP contribution in [0.25, 0.3) is 10.1 Å². The van der Waals surface area contributed by atoms with E-state index < -0.39 is 0 Å². The summed E-state index contributed by atoms with van der Waals surface area (Å²) >= 11 is 1.64. The van der Waals surface area contributed by atoms with Crippen molar-refractivity contribution < 1.29 is 23.9 Å². The monoisotopic (exact) mass is 650 g/mol. The van der Waals surface area contributed by atoms with Gasteiger partial charge < -0.3 is 29.6 Å². The molecule has 0 bridgehead atoms. The Balaban J connectivity index is 1.02. The minimum Gasteiger partial charge on any atom is -0.493 e. The van der Waals surface area contributed by atoms with Crippen molar-refractivity contribution in [3.8, 4) is 11.5 Å². The lowest BCUT2D eigenvalue weighted by Crippen LogP contribution is -2.28. The van der Waals surface area contributed by atoms with Gasteiger partial charge in [0.2, 0.25) is 11.7 Å². The summed E-state index contributed by atoms with van der Waals surface area (Å²) in [6, 6.07) is 19.3. The lowest BCUT2D eigenvalue weighted by Gasteiger charge is -2.19. The molecule has 11 nitrogen and oxygen atoms in total. The van der Waals surface area contributed by atoms with E-state index in [4.69, 9.17) is 9.47 Å². The number of rotatable bonds is 12. The molecule has 3 heterocycles. The van der Waals surface area contributed by atoms with Crippen molar-refractivity contribution in [2.45, 2.75) is 25.3 Å². The maximum absolute atomic E-state index is 12.9. The van der Waals surface area contributed by atoms with Gasteiger partial charge in [-0.1, -0.05) is 18.2 Å². The van der Waals surface area contributed by atoms with Crippen LogP contribution in [0.15, 0.2) is 77.2 Å². The molecule has 1 aliphatic rings. The normalized spacial score (nSPS) is 13.9. The van der Waals surface area contributed by atoms with Crippen LogP contribution in [-0.2, 0) is 18.3 Å². The Bertz CT molecular complexity index is 1980. The fourth-order valence-electron chi connectivity index (χ4n) is 5.52. The maximum Gasteiger partial charge on any atom is 0.291 e. The second-order valence-electron chi connectivity index (χ2n) is 11.2. The van der Waals surface area contributed by atoms with Crippen molar-refractivity contribution in [3.05, 3.63) is 89.2 Å². The molecule has 5 aromatic rings. The van der Waals surface area contributed by atoms with Gasteiger partial charge in [0.1, 0.15) is 0 Å². The fraction of sp³-hybridized carbons (Fsp3) is 0.229. The topological polar surface area (TPSA) is 127 Å². The van der Waals surface area contributed by atoms with E-state index in [1.54, 1.807) is 41.3 Å². The van der Waals surface area contributed by atoms with Gasteiger partial charge in [-0.3, -0.25) is 19.4 Å². The lowest BCUT2D eigenvalue weighted by molar-refractivity contribution is -0.116. The first-order valence-corrected chi connectivity index (χ1v) is 16.0. The average Bonchev–Trinajstić information content (AvgIpc) is 3.78. The summed E-state index contributed by atoms with van der Waals surface area (Å²) in [7, 11) is 5.22. The fourth-order valence-corrected chi connectivity index (χ4v) is 6.29. The number of amides is 2. The minimum atomic E-state index is -0.380. The largest absolute Gasteiger partial charge is 0.493 e. The molecular formula is C35H34N6O5S. The maximum atomic E-state index is 12.9. The number of ether oxygens (including phenoxy) is 2. The molecule has 0 spiro atoms. The van der Waals surface area contributed by atoms with Crippen LogP contribution in [0.1, 0.15) is 39.4 Å². The van der Waals surface area contributed by atoms with E-state index >= 15 is 0 Å². The number of carbonyl (C=O) groups excluding carboxylic acids is 3. The van der Waals surface area contributed by atoms with Crippen molar-refractivity contribution in [2.75, 3.05) is 36.3 Å². The molecule has 12 heteroatoms. The number of hydrogen-bond donors (Lipinski definition) is 2. The molecule has 47 heavy (non-hydrogen) atoms. The molecule has 2 amide bonds. The second kappa shape index (κ2) is 13.9. The van der Waals surface area contributed by atoms with Gasteiger partial charge >= 0.3 is 0 Å². The summed E-state index contributed by atoms with van der Waals surface area (Å²) in [5, 5.41) is 8.67. The summed E-state index contributed by atoms with van der Waals surface area (Å²) in [6.45, 7) is 0.221. The van der Waals surface area contributed by atoms with E-state index in [2.05, 4.69) is 37.6 Å². The van der Waals surface area contributed by atoms with Gasteiger partial charge in [0, 0.05) is 60.6 Å². The number of aldehydes is 1. The molecule has 2 N–H and O–H groups in total. The lowest BCUT2D eigenvalue weighted by atomic mass is 10.1. The number of methoxy groups -OCH3 is 1. The molecule has 0 fully saturated rings. The molecule has 0 aliphatic carbocycles. The number of carbonyl (C=O) groups is 3. The highest BCUT2D eigenvalue weighted by molar-refractivity contribution is 7.17. The molecule has 2 aromatic heterocycles. The number of hydrogen-bond acceptors (Lipinski definition) is 9. The summed E-state index contributed by atoms with van der Waals surface area (Å²) in [4.78, 5) is 48.5. The van der Waals surface area contributed by atoms with Crippen LogP contribution >= 0.6 is 11.3 Å². The number of fused-ring (bicyclic) bond motifs is 2. The molecule has 0 radical (unpaired) electrons. The van der Waals surface area contributed by atoms with Gasteiger partial charge in [-0.25, -0.2) is 4.98 Å². The van der Waals surface area contributed by atoms with Crippen LogP contribution in [0.2, 0.25) is 0 Å². The van der Waals surface area contributed by atoms with Crippen LogP contribution in [-0.4, -0.2) is 60.7 Å². The van der Waals surface area contributed by atoms with Gasteiger partial charge in [0.15, 0.2) is 23.6 Å². The summed E-state index contributed by atoms with van der Waals surface area (Å²) in [5.74, 6) is 0.623. The molecule has 0 saturated heterocycles. The quantitative estimate of drug-likeness (QED) is 0.0926. The number of likely N-dealkylation sites (N-methyl/N-ethyl adjacent to an activating group) is 1. The van der Waals surface area contributed by atoms with E-state index in [0.717, 1.165) is 22.8 Å². The third kappa shape index (κ3) is 7.02. The average molecular weight is 651 g/mol. The minimum absolute atomic E-state index is 0.0581. The third-order valence-electron chi connectivity index (χ3n) is 7.99. The molecule has 1 unspecified atom stereocenters. The summed E-state index contributed by atoms with van der Waals surface area (Å²) in [6.07, 6.45) is 5.57. The highest BCUT2D eigenvalue weighted by Crippen LogP contribution is 2.35. The van der Waals surface area contributed by atoms with Crippen molar-refractivity contribution in [1.29, 1.82) is 0 Å². The van der Waals surface area contributed by atoms with Gasteiger partial charge in [0.05, 0.1) is 25.4 Å². The Labute approximate surface area is 275 Å². The first-order chi connectivity index (χ1) is 22.8. The Kier molecular flexibility index (Phi) is 9.30. The van der Waals surface area contributed by atoms with Crippen molar-refractivity contribution >= 4 is 68.6 Å². The van der Waals surface area contributed by atoms with Gasteiger partial charge in [-0.05, 0) is 65.6 Å². The van der Waals surface area contributed by atoms with Crippen LogP contribution in [0.5, 0.6) is 11.5 Å². The summed E-state index contributed by atoms with van der Waals surface area (Å²) in [5.41, 5.74) is 3.94. The molecule has 6 rings (SSSR count). The molecular weight excluding hydrogens is 616 g/mol. The standard InChI is InChI=1S/C35H34N6O5S/c1-40-20-32(39-34(40)35(44)37-25-10-11-31-23(15-25)12-14-47-31)38-33(43)9-6-13-46-30-18-27(24(21-42)17-29(30)45-3)36-19-26-16-22-7-4-5-8-28(22)41(26)2/h4-5,7-8,10-12,14-15,17-21,26H,6,9,13,16H2,1-3H3,(H,37,44)(H,38,43). The first-order valence-electron chi connectivity index (χ1n) is 15.1. The van der Waals surface area contributed by atoms with E-state index in [1.165, 1.54) is 18.4 Å². The van der Waals surface area contributed by atoms with Crippen LogP contribution in [0.3, 0.4) is 0 Å². The number of imidazole rings is 1. The SMILES string of the molecule is COc1cc(C=O)c(N=CC2Cc3ccccc3N2C)cc1OCCCC(=O)Nc1cn(C)c(C(=O)Nc2ccc3sccc3c2)n1. The van der Waals surface area contributed by atoms with E-state index in [1.807, 2.05) is 55.0 Å². The number of aromatic nitrogens is 2. The number of para-hydroxylation sites is 1. The van der Waals surface area contributed by atoms with Gasteiger partial charge in [-0.15, -0.1) is 11.3 Å². The number of nitrogens with one attached hydrogen (secondary N) is 2. The van der Waals surface area contributed by atoms with Crippen molar-refractivity contribution in [2.24, 2.45) is 12.0 Å². The second-order valence-corrected chi connectivity index (χ2v) is 12.1. The van der Waals surface area contributed by atoms with Crippen molar-refractivity contribution in [3.63, 3.8) is 0 Å². The summed E-state index contributed by atoms with van der Waals surface area (Å²) < 4.78 is 14.1. The number of benzene rings is 3. The van der Waals surface area contributed by atoms with Gasteiger partial charge in [-0.2, -0.15) is 0 Å². The first kappa shape index (κ1) is 31.5. The highest BCUT2D eigenvalue weighted by atomic mass is 32.1. The number of thiophene rings is 1. The van der Waals surface area contributed by atoms with Crippen molar-refractivity contribution in [1.82, 2.24) is 9.55 Å². The van der Waals surface area contributed by atoms with Crippen LogP contribution in [0, 0.1) is 0 Å². The Morgan fingerprint density at radius 3 is 2.74 bits per heavy atom. The Hall–Kier alpha value is -5.49. The third-order valence-corrected chi connectivity index (χ3v) is 8.88. The Morgan fingerprint density at radius 2 is 1.94 bits per heavy atom. The zero-order chi connectivity index (χ0) is 32.9. The van der Waals surface area contributed by atoms with E-state index in [-0.39, 0.29) is 42.5 Å². The highest BCUT2D eigenvalue weighted by Gasteiger charge is 2.24. The van der Waals surface area contributed by atoms with Gasteiger partial charge in [0.25, 0.3) is 5.91 Å². The zero-order valence-corrected chi connectivity index (χ0v) is 27.0. The molecule has 1 aliphatic heterocycles. The van der Waals surface area contributed by atoms with Crippen LogP contribution < -0.4 is 25.0 Å². The van der Waals surface area contributed by atoms with E-state index in [9.17, 15) is 14.4 Å². The number of anilines is 3. The predicted molar refractivity (Wildman–Crippen MR) is 185 cm³/mol. The molecule has 3 aromatic carbocycles. The molecule has 0 saturated carbocycles. The molecule has 1 atom stereocenters. The number of aryl methyl sites for hydroxylation is 1. The predicted octanol–water partition coefficient (Wildman–Crippen LogP) is 6.27. The zero-order valence-electron chi connectivity index (χ0n) is 26.2. The smallest absolute Gasteiger partial charge is 0.291 e.